The Labute approximate surface area is 184 Å². The molecule has 3 rings (SSSR count). The molecule has 10 heteroatoms. The predicted molar refractivity (Wildman–Crippen MR) is 119 cm³/mol. The zero-order valence-corrected chi connectivity index (χ0v) is 20.0. The summed E-state index contributed by atoms with van der Waals surface area (Å²) in [4.78, 5) is 8.91. The van der Waals surface area contributed by atoms with Gasteiger partial charge in [0.2, 0.25) is 0 Å². The van der Waals surface area contributed by atoms with Crippen LogP contribution in [0.3, 0.4) is 0 Å². The van der Waals surface area contributed by atoms with Crippen LogP contribution in [0.1, 0.15) is 34.1 Å². The molecule has 0 aromatic rings. The van der Waals surface area contributed by atoms with Crippen molar-refractivity contribution in [2.45, 2.75) is 45.9 Å². The van der Waals surface area contributed by atoms with Gasteiger partial charge in [-0.2, -0.15) is 5.12 Å². The van der Waals surface area contributed by atoms with Crippen molar-refractivity contribution < 1.29 is 22.6 Å². The monoisotopic (exact) mass is 456 g/mol. The number of nitrogens with zero attached hydrogens (tertiary/aromatic N) is 4. The number of hydrogen-bond acceptors (Lipinski definition) is 8. The number of rotatable bonds is 9. The van der Waals surface area contributed by atoms with Crippen LogP contribution in [0.15, 0.2) is 40.7 Å². The lowest BCUT2D eigenvalue weighted by molar-refractivity contribution is -0.202. The van der Waals surface area contributed by atoms with Gasteiger partial charge in [-0.05, 0) is 52.7 Å². The number of fused-ring (bicyclic) bond motifs is 1. The third-order valence-electron chi connectivity index (χ3n) is 5.69. The standard InChI is InChI=1S/C21H34FN4O4P/c1-7-17(11-23-8-2)19(13-25(22)15-28-31(27)29-21(4,5)30-31)16(3)26-10-9-18-12-24(6)14-20(18)26/h7,11,13,18,20H,3,8-10,12,14-15H2,1-2,4-6H3/b17-7+,19-13+,23-11?/t18-,20+/m1/s1. The first-order chi connectivity index (χ1) is 14.6. The molecule has 31 heavy (non-hydrogen) atoms. The molecule has 0 radical (unpaired) electrons. The van der Waals surface area contributed by atoms with Crippen molar-refractivity contribution in [3.8, 4) is 0 Å². The van der Waals surface area contributed by atoms with Crippen molar-refractivity contribution in [3.05, 3.63) is 35.7 Å². The molecular weight excluding hydrogens is 422 g/mol. The van der Waals surface area contributed by atoms with E-state index in [4.69, 9.17) is 13.6 Å². The minimum Gasteiger partial charge on any atom is -0.367 e. The van der Waals surface area contributed by atoms with E-state index in [0.717, 1.165) is 37.3 Å². The van der Waals surface area contributed by atoms with Gasteiger partial charge in [0.15, 0.2) is 12.5 Å². The molecule has 3 aliphatic heterocycles. The van der Waals surface area contributed by atoms with E-state index >= 15 is 0 Å². The second-order valence-corrected chi connectivity index (χ2v) is 10.1. The Hall–Kier alpha value is -1.51. The van der Waals surface area contributed by atoms with Crippen LogP contribution < -0.4 is 0 Å². The number of aliphatic imine (C=N–C) groups is 1. The minimum atomic E-state index is -3.72. The van der Waals surface area contributed by atoms with Gasteiger partial charge in [0, 0.05) is 55.9 Å². The molecule has 3 fully saturated rings. The van der Waals surface area contributed by atoms with E-state index in [1.807, 2.05) is 19.9 Å². The van der Waals surface area contributed by atoms with Gasteiger partial charge in [0.1, 0.15) is 0 Å². The zero-order chi connectivity index (χ0) is 22.8. The summed E-state index contributed by atoms with van der Waals surface area (Å²) < 4.78 is 42.2. The van der Waals surface area contributed by atoms with Crippen LogP contribution in [0.25, 0.3) is 0 Å². The molecule has 0 aromatic carbocycles. The summed E-state index contributed by atoms with van der Waals surface area (Å²) in [7, 11) is -1.60. The highest BCUT2D eigenvalue weighted by atomic mass is 31.2. The summed E-state index contributed by atoms with van der Waals surface area (Å²) in [5.74, 6) is -0.394. The molecule has 2 atom stereocenters. The van der Waals surface area contributed by atoms with Crippen molar-refractivity contribution in [2.24, 2.45) is 10.9 Å². The highest BCUT2D eigenvalue weighted by molar-refractivity contribution is 7.49. The van der Waals surface area contributed by atoms with Crippen LogP contribution in [0.5, 0.6) is 0 Å². The number of hydrogen-bond donors (Lipinski definition) is 0. The van der Waals surface area contributed by atoms with Gasteiger partial charge in [0.25, 0.3) is 0 Å². The second-order valence-electron chi connectivity index (χ2n) is 8.58. The molecule has 0 aliphatic carbocycles. The largest absolute Gasteiger partial charge is 0.481 e. The number of likely N-dealkylation sites (tertiary alicyclic amines) is 2. The predicted octanol–water partition coefficient (Wildman–Crippen LogP) is 4.11. The third kappa shape index (κ3) is 5.65. The fourth-order valence-corrected chi connectivity index (χ4v) is 5.82. The summed E-state index contributed by atoms with van der Waals surface area (Å²) in [5.41, 5.74) is 2.10. The van der Waals surface area contributed by atoms with Gasteiger partial charge >= 0.3 is 7.82 Å². The number of likely N-dealkylation sites (N-methyl/N-ethyl adjacent to an activating group) is 1. The molecule has 0 bridgehead atoms. The number of halogens is 1. The van der Waals surface area contributed by atoms with Crippen LogP contribution in [0.2, 0.25) is 0 Å². The van der Waals surface area contributed by atoms with E-state index in [-0.39, 0.29) is 0 Å². The van der Waals surface area contributed by atoms with E-state index in [9.17, 15) is 9.05 Å². The molecule has 0 saturated carbocycles. The van der Waals surface area contributed by atoms with Gasteiger partial charge in [0.05, 0.1) is 0 Å². The van der Waals surface area contributed by atoms with E-state index in [1.165, 1.54) is 6.20 Å². The van der Waals surface area contributed by atoms with Crippen LogP contribution in [-0.2, 0) is 18.1 Å². The summed E-state index contributed by atoms with van der Waals surface area (Å²) in [5, 5.41) is 0.329. The van der Waals surface area contributed by atoms with Crippen LogP contribution >= 0.6 is 7.82 Å². The summed E-state index contributed by atoms with van der Waals surface area (Å²) in [6.07, 6.45) is 6.00. The van der Waals surface area contributed by atoms with E-state index in [2.05, 4.69) is 28.4 Å². The zero-order valence-electron chi connectivity index (χ0n) is 19.1. The normalized spacial score (nSPS) is 28.1. The Morgan fingerprint density at radius 2 is 2.13 bits per heavy atom. The average Bonchev–Trinajstić information content (AvgIpc) is 3.22. The van der Waals surface area contributed by atoms with Gasteiger partial charge < -0.3 is 9.80 Å². The van der Waals surface area contributed by atoms with Crippen molar-refractivity contribution in [2.75, 3.05) is 40.0 Å². The topological polar surface area (TPSA) is 66.8 Å². The maximum absolute atomic E-state index is 14.8. The van der Waals surface area contributed by atoms with Crippen molar-refractivity contribution in [3.63, 3.8) is 0 Å². The molecule has 0 N–H and O–H groups in total. The minimum absolute atomic E-state index is 0.329. The number of allylic oxidation sites excluding steroid dienone is 2. The SMILES string of the molecule is C=C(C(=C\N(F)COP1(=O)OC(C)(C)O1)/C(C=NCC)=C/C)N1CC[C@@H]2CN(C)C[C@@H]21. The fraction of sp³-hybridized carbons (Fsp3) is 0.667. The Balaban J connectivity index is 1.76. The van der Waals surface area contributed by atoms with Crippen LogP contribution in [0.4, 0.5) is 4.48 Å². The smallest absolute Gasteiger partial charge is 0.367 e. The molecular formula is C21H34FN4O4P. The van der Waals surface area contributed by atoms with Gasteiger partial charge in [-0.3, -0.25) is 18.6 Å². The quantitative estimate of drug-likeness (QED) is 0.170. The number of phosphoric acid groups is 1. The third-order valence-corrected chi connectivity index (χ3v) is 7.45. The summed E-state index contributed by atoms with van der Waals surface area (Å²) in [6.45, 7) is 14.3. The Morgan fingerprint density at radius 3 is 2.74 bits per heavy atom. The molecule has 174 valence electrons. The van der Waals surface area contributed by atoms with Gasteiger partial charge in [-0.15, -0.1) is 0 Å². The first kappa shape index (κ1) is 24.1. The fourth-order valence-electron chi connectivity index (χ4n) is 4.37. The Morgan fingerprint density at radius 1 is 1.42 bits per heavy atom. The van der Waals surface area contributed by atoms with E-state index in [0.29, 0.717) is 29.2 Å². The molecule has 3 saturated heterocycles. The van der Waals surface area contributed by atoms with Gasteiger partial charge in [-0.25, -0.2) is 4.57 Å². The average molecular weight is 456 g/mol. The molecule has 0 aromatic heterocycles. The lowest BCUT2D eigenvalue weighted by Crippen LogP contribution is -2.37. The maximum atomic E-state index is 14.8. The molecule has 8 nitrogen and oxygen atoms in total. The van der Waals surface area contributed by atoms with Crippen LogP contribution in [0, 0.1) is 5.92 Å². The van der Waals surface area contributed by atoms with E-state index in [1.54, 1.807) is 20.1 Å². The molecule has 3 heterocycles. The summed E-state index contributed by atoms with van der Waals surface area (Å²) in [6, 6.07) is 0.362. The van der Waals surface area contributed by atoms with Gasteiger partial charge in [-0.1, -0.05) is 17.1 Å². The van der Waals surface area contributed by atoms with E-state index < -0.39 is 20.3 Å². The molecule has 3 aliphatic rings. The molecule has 0 unspecified atom stereocenters. The lowest BCUT2D eigenvalue weighted by Gasteiger charge is -2.39. The summed E-state index contributed by atoms with van der Waals surface area (Å²) >= 11 is 0. The molecule has 0 spiro atoms. The Kier molecular flexibility index (Phi) is 7.43. The lowest BCUT2D eigenvalue weighted by atomic mass is 10.0. The van der Waals surface area contributed by atoms with Crippen molar-refractivity contribution in [1.82, 2.24) is 14.9 Å². The molecule has 0 amide bonds. The van der Waals surface area contributed by atoms with Crippen LogP contribution in [-0.4, -0.2) is 72.9 Å². The highest BCUT2D eigenvalue weighted by Gasteiger charge is 2.51. The second kappa shape index (κ2) is 9.55. The van der Waals surface area contributed by atoms with Crippen molar-refractivity contribution in [1.29, 1.82) is 0 Å². The Bertz CT molecular complexity index is 816. The first-order valence-electron chi connectivity index (χ1n) is 10.7. The number of phosphoric ester groups is 1. The van der Waals surface area contributed by atoms with Crippen molar-refractivity contribution >= 4 is 14.0 Å². The first-order valence-corrected chi connectivity index (χ1v) is 12.1. The highest BCUT2D eigenvalue weighted by Crippen LogP contribution is 2.64. The maximum Gasteiger partial charge on any atom is 0.481 e.